The molecule has 0 spiro atoms. The number of hydrogen-bond donors (Lipinski definition) is 2. The molecule has 1 fully saturated rings. The van der Waals surface area contributed by atoms with Crippen molar-refractivity contribution in [3.05, 3.63) is 66.5 Å². The quantitative estimate of drug-likeness (QED) is 0.578. The zero-order valence-corrected chi connectivity index (χ0v) is 18.1. The Balaban J connectivity index is 1.37. The van der Waals surface area contributed by atoms with Crippen molar-refractivity contribution in [2.75, 3.05) is 29.6 Å². The molecule has 1 aromatic heterocycles. The number of nitrogens with one attached hydrogen (secondary N) is 1. The van der Waals surface area contributed by atoms with Crippen LogP contribution in [0.15, 0.2) is 66.1 Å². The SMILES string of the molecule is CSc1nccn1-c1ccc(C(=O)Nc2ccc(N3CCC(C(N)=O)CC3)cc2)cc1. The fourth-order valence-electron chi connectivity index (χ4n) is 3.79. The average molecular weight is 436 g/mol. The van der Waals surface area contributed by atoms with Crippen LogP contribution in [-0.4, -0.2) is 40.7 Å². The first-order valence-corrected chi connectivity index (χ1v) is 11.4. The van der Waals surface area contributed by atoms with Crippen molar-refractivity contribution in [3.8, 4) is 5.69 Å². The molecule has 0 aliphatic carbocycles. The Morgan fingerprint density at radius 3 is 2.29 bits per heavy atom. The number of nitrogens with two attached hydrogens (primary N) is 1. The van der Waals surface area contributed by atoms with Gasteiger partial charge in [-0.1, -0.05) is 11.8 Å². The number of benzene rings is 2. The van der Waals surface area contributed by atoms with Crippen LogP contribution in [0, 0.1) is 5.92 Å². The number of carbonyl (C=O) groups excluding carboxylic acids is 2. The van der Waals surface area contributed by atoms with E-state index in [-0.39, 0.29) is 17.7 Å². The second-order valence-electron chi connectivity index (χ2n) is 7.50. The highest BCUT2D eigenvalue weighted by atomic mass is 32.2. The van der Waals surface area contributed by atoms with E-state index in [1.54, 1.807) is 18.0 Å². The molecule has 31 heavy (non-hydrogen) atoms. The van der Waals surface area contributed by atoms with Crippen molar-refractivity contribution in [2.24, 2.45) is 11.7 Å². The normalized spacial score (nSPS) is 14.4. The van der Waals surface area contributed by atoms with Crippen LogP contribution < -0.4 is 16.0 Å². The molecule has 1 aliphatic rings. The summed E-state index contributed by atoms with van der Waals surface area (Å²) in [5, 5.41) is 3.84. The summed E-state index contributed by atoms with van der Waals surface area (Å²) in [4.78, 5) is 30.5. The van der Waals surface area contributed by atoms with E-state index in [0.717, 1.165) is 48.1 Å². The summed E-state index contributed by atoms with van der Waals surface area (Å²) in [7, 11) is 0. The Kier molecular flexibility index (Phi) is 6.27. The van der Waals surface area contributed by atoms with Crippen LogP contribution in [-0.2, 0) is 4.79 Å². The summed E-state index contributed by atoms with van der Waals surface area (Å²) in [6, 6.07) is 15.2. The van der Waals surface area contributed by atoms with Gasteiger partial charge in [-0.15, -0.1) is 0 Å². The van der Waals surface area contributed by atoms with Gasteiger partial charge in [0, 0.05) is 54.0 Å². The number of amides is 2. The van der Waals surface area contributed by atoms with Gasteiger partial charge in [-0.25, -0.2) is 4.98 Å². The van der Waals surface area contributed by atoms with Crippen LogP contribution in [0.5, 0.6) is 0 Å². The van der Waals surface area contributed by atoms with E-state index >= 15 is 0 Å². The molecule has 0 atom stereocenters. The van der Waals surface area contributed by atoms with Gasteiger partial charge in [0.05, 0.1) is 0 Å². The van der Waals surface area contributed by atoms with E-state index in [4.69, 9.17) is 5.73 Å². The zero-order chi connectivity index (χ0) is 21.8. The van der Waals surface area contributed by atoms with Gasteiger partial charge in [0.1, 0.15) is 0 Å². The maximum atomic E-state index is 12.6. The molecular weight excluding hydrogens is 410 g/mol. The molecule has 1 aliphatic heterocycles. The molecule has 0 bridgehead atoms. The summed E-state index contributed by atoms with van der Waals surface area (Å²) < 4.78 is 1.98. The Morgan fingerprint density at radius 1 is 1.03 bits per heavy atom. The highest BCUT2D eigenvalue weighted by molar-refractivity contribution is 7.98. The fraction of sp³-hybridized carbons (Fsp3) is 0.261. The Labute approximate surface area is 185 Å². The first kappa shape index (κ1) is 21.0. The van der Waals surface area contributed by atoms with Crippen LogP contribution in [0.25, 0.3) is 5.69 Å². The fourth-order valence-corrected chi connectivity index (χ4v) is 4.32. The minimum Gasteiger partial charge on any atom is -0.371 e. The van der Waals surface area contributed by atoms with Gasteiger partial charge in [-0.05, 0) is 67.6 Å². The maximum absolute atomic E-state index is 12.6. The first-order chi connectivity index (χ1) is 15.0. The number of imidazole rings is 1. The molecule has 3 aromatic rings. The topological polar surface area (TPSA) is 93.2 Å². The number of primary amides is 1. The highest BCUT2D eigenvalue weighted by Gasteiger charge is 2.23. The van der Waals surface area contributed by atoms with Crippen molar-refractivity contribution < 1.29 is 9.59 Å². The third-order valence-corrected chi connectivity index (χ3v) is 6.25. The smallest absolute Gasteiger partial charge is 0.255 e. The number of anilines is 2. The third kappa shape index (κ3) is 4.74. The predicted molar refractivity (Wildman–Crippen MR) is 124 cm³/mol. The molecule has 4 rings (SSSR count). The summed E-state index contributed by atoms with van der Waals surface area (Å²) >= 11 is 1.57. The lowest BCUT2D eigenvalue weighted by molar-refractivity contribution is -0.122. The number of rotatable bonds is 6. The van der Waals surface area contributed by atoms with E-state index < -0.39 is 0 Å². The van der Waals surface area contributed by atoms with Crippen molar-refractivity contribution in [3.63, 3.8) is 0 Å². The molecule has 0 unspecified atom stereocenters. The Morgan fingerprint density at radius 2 is 1.68 bits per heavy atom. The van der Waals surface area contributed by atoms with E-state index in [0.29, 0.717) is 5.56 Å². The molecule has 3 N–H and O–H groups in total. The Hall–Kier alpha value is -3.26. The number of thioether (sulfide) groups is 1. The molecule has 1 saturated heterocycles. The standard InChI is InChI=1S/C23H25N5O2S/c1-31-23-25-12-15-28(23)20-6-2-17(3-7-20)22(30)26-18-4-8-19(9-5-18)27-13-10-16(11-14-27)21(24)29/h2-9,12,15-16H,10-11,13-14H2,1H3,(H2,24,29)(H,26,30). The monoisotopic (exact) mass is 435 g/mol. The Bertz CT molecular complexity index is 1050. The number of aromatic nitrogens is 2. The molecule has 2 aromatic carbocycles. The van der Waals surface area contributed by atoms with Crippen LogP contribution in [0.1, 0.15) is 23.2 Å². The van der Waals surface area contributed by atoms with Crippen LogP contribution >= 0.6 is 11.8 Å². The molecule has 0 saturated carbocycles. The second-order valence-corrected chi connectivity index (χ2v) is 8.27. The van der Waals surface area contributed by atoms with Crippen LogP contribution in [0.4, 0.5) is 11.4 Å². The summed E-state index contributed by atoms with van der Waals surface area (Å²) in [5.41, 5.74) is 8.78. The molecule has 7 nitrogen and oxygen atoms in total. The minimum atomic E-state index is -0.208. The van der Waals surface area contributed by atoms with Gasteiger partial charge in [-0.2, -0.15) is 0 Å². The van der Waals surface area contributed by atoms with E-state index in [2.05, 4.69) is 15.2 Å². The van der Waals surface area contributed by atoms with Gasteiger partial charge in [0.15, 0.2) is 5.16 Å². The molecule has 8 heteroatoms. The lowest BCUT2D eigenvalue weighted by atomic mass is 9.96. The lowest BCUT2D eigenvalue weighted by Gasteiger charge is -2.32. The van der Waals surface area contributed by atoms with Crippen molar-refractivity contribution in [2.45, 2.75) is 18.0 Å². The van der Waals surface area contributed by atoms with Gasteiger partial charge >= 0.3 is 0 Å². The molecule has 2 heterocycles. The van der Waals surface area contributed by atoms with Crippen molar-refractivity contribution in [1.29, 1.82) is 0 Å². The van der Waals surface area contributed by atoms with E-state index in [1.807, 2.05) is 65.6 Å². The molecule has 0 radical (unpaired) electrons. The summed E-state index contributed by atoms with van der Waals surface area (Å²) in [5.74, 6) is -0.389. The van der Waals surface area contributed by atoms with Crippen LogP contribution in [0.3, 0.4) is 0 Å². The second kappa shape index (κ2) is 9.26. The van der Waals surface area contributed by atoms with Gasteiger partial charge < -0.3 is 16.0 Å². The van der Waals surface area contributed by atoms with E-state index in [9.17, 15) is 9.59 Å². The molecule has 2 amide bonds. The summed E-state index contributed by atoms with van der Waals surface area (Å²) in [6.07, 6.45) is 7.20. The number of nitrogens with zero attached hydrogens (tertiary/aromatic N) is 3. The largest absolute Gasteiger partial charge is 0.371 e. The molecular formula is C23H25N5O2S. The third-order valence-electron chi connectivity index (χ3n) is 5.58. The molecule has 160 valence electrons. The van der Waals surface area contributed by atoms with Crippen molar-refractivity contribution >= 4 is 35.0 Å². The highest BCUT2D eigenvalue weighted by Crippen LogP contribution is 2.25. The average Bonchev–Trinajstić information content (AvgIpc) is 3.29. The predicted octanol–water partition coefficient (Wildman–Crippen LogP) is 3.55. The van der Waals surface area contributed by atoms with Crippen LogP contribution in [0.2, 0.25) is 0 Å². The number of hydrogen-bond acceptors (Lipinski definition) is 5. The number of carbonyl (C=O) groups is 2. The number of piperidine rings is 1. The van der Waals surface area contributed by atoms with Gasteiger partial charge in [-0.3, -0.25) is 14.2 Å². The van der Waals surface area contributed by atoms with Gasteiger partial charge in [0.25, 0.3) is 5.91 Å². The first-order valence-electron chi connectivity index (χ1n) is 10.2. The lowest BCUT2D eigenvalue weighted by Crippen LogP contribution is -2.38. The zero-order valence-electron chi connectivity index (χ0n) is 17.3. The van der Waals surface area contributed by atoms with E-state index in [1.165, 1.54) is 0 Å². The maximum Gasteiger partial charge on any atom is 0.255 e. The minimum absolute atomic E-state index is 0.0257. The summed E-state index contributed by atoms with van der Waals surface area (Å²) in [6.45, 7) is 1.61. The van der Waals surface area contributed by atoms with Crippen molar-refractivity contribution in [1.82, 2.24) is 9.55 Å². The van der Waals surface area contributed by atoms with Gasteiger partial charge in [0.2, 0.25) is 5.91 Å².